The van der Waals surface area contributed by atoms with Gasteiger partial charge in [0.05, 0.1) is 0 Å². The molecule has 0 aliphatic carbocycles. The van der Waals surface area contributed by atoms with Gasteiger partial charge < -0.3 is 4.85 Å². The van der Waals surface area contributed by atoms with Crippen LogP contribution in [0.2, 0.25) is 0 Å². The third kappa shape index (κ3) is 6.10. The molecule has 0 aliphatic rings. The van der Waals surface area contributed by atoms with Crippen molar-refractivity contribution in [2.75, 3.05) is 19.6 Å². The molecule has 0 aliphatic heterocycles. The van der Waals surface area contributed by atoms with Crippen molar-refractivity contribution in [3.8, 4) is 0 Å². The zero-order valence-corrected chi connectivity index (χ0v) is 9.87. The van der Waals surface area contributed by atoms with Crippen LogP contribution in [0.5, 0.6) is 0 Å². The summed E-state index contributed by atoms with van der Waals surface area (Å²) in [6, 6.07) is 0. The van der Waals surface area contributed by atoms with Gasteiger partial charge in [0.25, 0.3) is 6.17 Å². The molecule has 3 heteroatoms. The fraction of sp³-hybridized carbons (Fsp3) is 0.833. The van der Waals surface area contributed by atoms with Crippen molar-refractivity contribution in [3.63, 3.8) is 0 Å². The van der Waals surface area contributed by atoms with E-state index in [9.17, 15) is 0 Å². The van der Waals surface area contributed by atoms with Gasteiger partial charge in [0.1, 0.15) is 0 Å². The van der Waals surface area contributed by atoms with Crippen molar-refractivity contribution in [2.45, 2.75) is 45.7 Å². The maximum atomic E-state index is 7.13. The normalized spacial score (nSPS) is 12.1. The smallest absolute Gasteiger partial charge is 0.279 e. The summed E-state index contributed by atoms with van der Waals surface area (Å²) in [6.07, 6.45) is 4.09. The van der Waals surface area contributed by atoms with Crippen LogP contribution >= 0.6 is 0 Å². The molecule has 0 heterocycles. The van der Waals surface area contributed by atoms with Crippen LogP contribution < -0.4 is 0 Å². The van der Waals surface area contributed by atoms with Crippen molar-refractivity contribution in [1.29, 1.82) is 0 Å². The zero-order chi connectivity index (χ0) is 11.5. The highest BCUT2D eigenvalue weighted by atomic mass is 15.2. The molecular weight excluding hydrogens is 186 g/mol. The Balaban J connectivity index is 4.05. The molecule has 3 nitrogen and oxygen atoms in total. The van der Waals surface area contributed by atoms with Crippen LogP contribution in [0.4, 0.5) is 0 Å². The molecule has 0 radical (unpaired) electrons. The van der Waals surface area contributed by atoms with Crippen LogP contribution in [-0.2, 0) is 0 Å². The monoisotopic (exact) mass is 207 g/mol. The van der Waals surface area contributed by atoms with Crippen LogP contribution in [0.15, 0.2) is 0 Å². The molecule has 0 rings (SSSR count). The van der Waals surface area contributed by atoms with Gasteiger partial charge in [-0.2, -0.15) is 0 Å². The first-order valence-corrected chi connectivity index (χ1v) is 5.73. The van der Waals surface area contributed by atoms with Gasteiger partial charge in [-0.1, -0.05) is 20.3 Å². The van der Waals surface area contributed by atoms with Crippen molar-refractivity contribution in [2.24, 2.45) is 0 Å². The molecule has 1 unspecified atom stereocenters. The number of rotatable bonds is 8. The second-order valence-electron chi connectivity index (χ2n) is 3.64. The Kier molecular flexibility index (Phi) is 8.82. The highest BCUT2D eigenvalue weighted by Crippen LogP contribution is 2.08. The maximum Gasteiger partial charge on any atom is 0.279 e. The molecule has 0 N–H and O–H groups in total. The molecule has 15 heavy (non-hydrogen) atoms. The van der Waals surface area contributed by atoms with E-state index in [0.717, 1.165) is 38.8 Å². The van der Waals surface area contributed by atoms with Gasteiger partial charge in [-0.15, -0.1) is 0 Å². The first-order chi connectivity index (χ1) is 7.29. The molecular formula is C12H21N3. The quantitative estimate of drug-likeness (QED) is 0.440. The summed E-state index contributed by atoms with van der Waals surface area (Å²) in [5, 5.41) is 0. The average molecular weight is 207 g/mol. The van der Waals surface area contributed by atoms with Gasteiger partial charge >= 0.3 is 0 Å². The Morgan fingerprint density at radius 3 is 2.27 bits per heavy atom. The fourth-order valence-electron chi connectivity index (χ4n) is 1.56. The van der Waals surface area contributed by atoms with E-state index in [1.54, 1.807) is 0 Å². The van der Waals surface area contributed by atoms with Crippen LogP contribution in [-0.4, -0.2) is 30.7 Å². The Morgan fingerprint density at radius 2 is 1.80 bits per heavy atom. The molecule has 0 aromatic carbocycles. The Bertz CT molecular complexity index is 224. The van der Waals surface area contributed by atoms with E-state index >= 15 is 0 Å². The van der Waals surface area contributed by atoms with E-state index in [1.807, 2.05) is 0 Å². The van der Waals surface area contributed by atoms with E-state index in [-0.39, 0.29) is 6.17 Å². The topological polar surface area (TPSA) is 12.0 Å². The highest BCUT2D eigenvalue weighted by molar-refractivity contribution is 4.79. The summed E-state index contributed by atoms with van der Waals surface area (Å²) in [6.45, 7) is 20.5. The summed E-state index contributed by atoms with van der Waals surface area (Å²) >= 11 is 0. The lowest BCUT2D eigenvalue weighted by Gasteiger charge is -2.21. The summed E-state index contributed by atoms with van der Waals surface area (Å²) in [5.41, 5.74) is 0. The Labute approximate surface area is 93.7 Å². The SMILES string of the molecule is [C-]#[N+]CCCN(CCCC)C(CC)[N+]#[C-]. The van der Waals surface area contributed by atoms with Crippen LogP contribution in [0, 0.1) is 13.1 Å². The number of hydrogen-bond donors (Lipinski definition) is 0. The van der Waals surface area contributed by atoms with Crippen molar-refractivity contribution in [1.82, 2.24) is 4.90 Å². The number of hydrogen-bond acceptors (Lipinski definition) is 1. The maximum absolute atomic E-state index is 7.13. The third-order valence-electron chi connectivity index (χ3n) is 2.45. The number of unbranched alkanes of at least 4 members (excludes halogenated alkanes) is 1. The molecule has 0 saturated carbocycles. The van der Waals surface area contributed by atoms with Crippen molar-refractivity contribution >= 4 is 0 Å². The van der Waals surface area contributed by atoms with E-state index in [0.29, 0.717) is 6.54 Å². The average Bonchev–Trinajstić information content (AvgIpc) is 2.26. The summed E-state index contributed by atoms with van der Waals surface area (Å²) in [4.78, 5) is 9.21. The van der Waals surface area contributed by atoms with Gasteiger partial charge in [0.15, 0.2) is 0 Å². The third-order valence-corrected chi connectivity index (χ3v) is 2.45. The molecule has 0 bridgehead atoms. The van der Waals surface area contributed by atoms with Gasteiger partial charge in [-0.05, 0) is 6.42 Å². The minimum atomic E-state index is 0.0160. The summed E-state index contributed by atoms with van der Waals surface area (Å²) < 4.78 is 0. The van der Waals surface area contributed by atoms with Crippen LogP contribution in [0.1, 0.15) is 39.5 Å². The van der Waals surface area contributed by atoms with Crippen LogP contribution in [0.3, 0.4) is 0 Å². The summed E-state index contributed by atoms with van der Waals surface area (Å²) in [7, 11) is 0. The molecule has 0 aromatic heterocycles. The molecule has 0 saturated heterocycles. The second-order valence-corrected chi connectivity index (χ2v) is 3.64. The first-order valence-electron chi connectivity index (χ1n) is 5.73. The lowest BCUT2D eigenvalue weighted by atomic mass is 10.2. The van der Waals surface area contributed by atoms with E-state index in [1.165, 1.54) is 0 Å². The fourth-order valence-corrected chi connectivity index (χ4v) is 1.56. The van der Waals surface area contributed by atoms with Crippen LogP contribution in [0.25, 0.3) is 9.69 Å². The zero-order valence-electron chi connectivity index (χ0n) is 9.87. The minimum Gasteiger partial charge on any atom is -0.317 e. The predicted octanol–water partition coefficient (Wildman–Crippen LogP) is 3.05. The molecule has 84 valence electrons. The molecule has 0 spiro atoms. The molecule has 1 atom stereocenters. The minimum absolute atomic E-state index is 0.0160. The van der Waals surface area contributed by atoms with E-state index in [2.05, 4.69) is 28.4 Å². The second kappa shape index (κ2) is 9.49. The largest absolute Gasteiger partial charge is 0.317 e. The predicted molar refractivity (Wildman–Crippen MR) is 63.2 cm³/mol. The van der Waals surface area contributed by atoms with Gasteiger partial charge in [0.2, 0.25) is 6.54 Å². The Morgan fingerprint density at radius 1 is 1.13 bits per heavy atom. The van der Waals surface area contributed by atoms with Crippen molar-refractivity contribution in [3.05, 3.63) is 22.8 Å². The first kappa shape index (κ1) is 13.9. The standard InChI is InChI=1S/C12H21N3/c1-5-7-10-15(11-8-9-13-3)12(6-2)14-4/h12H,5-11H2,1-2H3. The Hall–Kier alpha value is -1.06. The lowest BCUT2D eigenvalue weighted by Crippen LogP contribution is -2.34. The summed E-state index contributed by atoms with van der Waals surface area (Å²) in [5.74, 6) is 0. The highest BCUT2D eigenvalue weighted by Gasteiger charge is 2.19. The lowest BCUT2D eigenvalue weighted by molar-refractivity contribution is 0.219. The van der Waals surface area contributed by atoms with E-state index < -0.39 is 0 Å². The molecule has 0 aromatic rings. The van der Waals surface area contributed by atoms with Gasteiger partial charge in [-0.25, -0.2) is 18.0 Å². The number of nitrogens with zero attached hydrogens (tertiary/aromatic N) is 3. The molecule has 0 fully saturated rings. The molecule has 0 amide bonds. The van der Waals surface area contributed by atoms with Crippen molar-refractivity contribution < 1.29 is 0 Å². The van der Waals surface area contributed by atoms with Gasteiger partial charge in [0, 0.05) is 25.9 Å². The van der Waals surface area contributed by atoms with Gasteiger partial charge in [-0.3, -0.25) is 4.85 Å². The van der Waals surface area contributed by atoms with E-state index in [4.69, 9.17) is 13.1 Å².